The zero-order valence-electron chi connectivity index (χ0n) is 41.9. The number of carbonyl (C=O) groups excluding carboxylic acids is 1. The molecule has 1 aromatic rings. The van der Waals surface area contributed by atoms with Crippen molar-refractivity contribution in [3.63, 3.8) is 0 Å². The smallest absolute Gasteiger partial charge is 0.311 e. The van der Waals surface area contributed by atoms with Crippen molar-refractivity contribution in [1.82, 2.24) is 5.32 Å². The van der Waals surface area contributed by atoms with Crippen LogP contribution in [0.4, 0.5) is 0 Å². The van der Waals surface area contributed by atoms with Crippen LogP contribution in [-0.2, 0) is 35.1 Å². The van der Waals surface area contributed by atoms with Crippen molar-refractivity contribution in [1.29, 1.82) is 0 Å². The number of carbonyl (C=O) groups is 2. The van der Waals surface area contributed by atoms with Crippen molar-refractivity contribution >= 4 is 11.9 Å². The van der Waals surface area contributed by atoms with Crippen molar-refractivity contribution in [2.24, 2.45) is 17.8 Å². The minimum Gasteiger partial charge on any atom is -0.481 e. The fourth-order valence-corrected chi connectivity index (χ4v) is 9.15. The van der Waals surface area contributed by atoms with Crippen LogP contribution >= 0.6 is 0 Å². The van der Waals surface area contributed by atoms with Gasteiger partial charge in [-0.25, -0.2) is 0 Å². The van der Waals surface area contributed by atoms with E-state index in [1.807, 2.05) is 79.8 Å². The first-order valence-electron chi connectivity index (χ1n) is 25.2. The maximum atomic E-state index is 12.7. The lowest BCUT2D eigenvalue weighted by atomic mass is 9.82. The molecule has 0 unspecified atom stereocenters. The summed E-state index contributed by atoms with van der Waals surface area (Å²) in [6.07, 6.45) is 2.63. The highest BCUT2D eigenvalue weighted by atomic mass is 16.7. The lowest BCUT2D eigenvalue weighted by Crippen LogP contribution is -2.63. The Hall–Kier alpha value is -3.96. The monoisotopic (exact) mass is 1020 g/mol. The predicted octanol–water partition coefficient (Wildman–Crippen LogP) is 2.77. The Morgan fingerprint density at radius 3 is 1.99 bits per heavy atom. The molecule has 3 heterocycles. The Morgan fingerprint density at radius 2 is 1.31 bits per heavy atom. The third-order valence-corrected chi connectivity index (χ3v) is 13.6. The highest BCUT2D eigenvalue weighted by Gasteiger charge is 2.51. The molecular weight excluding hydrogens is 935 g/mol. The Kier molecular flexibility index (Phi) is 25.6. The molecule has 18 heteroatoms. The van der Waals surface area contributed by atoms with E-state index in [1.165, 1.54) is 0 Å². The van der Waals surface area contributed by atoms with E-state index in [-0.39, 0.29) is 38.0 Å². The van der Waals surface area contributed by atoms with Gasteiger partial charge in [0.2, 0.25) is 0 Å². The molecule has 0 amide bonds. The lowest BCUT2D eigenvalue weighted by molar-refractivity contribution is -0.310. The molecule has 4 rings (SSSR count). The van der Waals surface area contributed by atoms with Gasteiger partial charge in [-0.2, -0.15) is 0 Å². The summed E-state index contributed by atoms with van der Waals surface area (Å²) in [5, 5.41) is 124. The number of carboxylic acids is 1. The second-order valence-electron chi connectivity index (χ2n) is 19.7. The molecule has 1 aromatic carbocycles. The quantitative estimate of drug-likeness (QED) is 0.182. The van der Waals surface area contributed by atoms with Gasteiger partial charge >= 0.3 is 11.9 Å². The van der Waals surface area contributed by atoms with E-state index in [0.29, 0.717) is 6.54 Å². The number of carboxylic acid groups (broad SMARTS) is 1. The van der Waals surface area contributed by atoms with Gasteiger partial charge in [0.15, 0.2) is 12.1 Å². The minimum absolute atomic E-state index is 0.139. The fourth-order valence-electron chi connectivity index (χ4n) is 9.15. The third-order valence-electron chi connectivity index (χ3n) is 13.6. The first-order chi connectivity index (χ1) is 34.2. The molecule has 2 fully saturated rings. The van der Waals surface area contributed by atoms with Gasteiger partial charge in [-0.3, -0.25) is 9.59 Å². The average Bonchev–Trinajstić information content (AvgIpc) is 3.31. The number of aliphatic hydroxyl groups is 10. The molecule has 3 aliphatic heterocycles. The summed E-state index contributed by atoms with van der Waals surface area (Å²) in [4.78, 5) is 25.3. The second kappa shape index (κ2) is 30.4. The summed E-state index contributed by atoms with van der Waals surface area (Å²) in [6.45, 7) is 7.18. The lowest BCUT2D eigenvalue weighted by Gasteiger charge is -2.45. The zero-order chi connectivity index (χ0) is 53.0. The van der Waals surface area contributed by atoms with Crippen molar-refractivity contribution in [3.8, 4) is 0 Å². The third kappa shape index (κ3) is 20.0. The number of benzene rings is 1. The van der Waals surface area contributed by atoms with E-state index in [2.05, 4.69) is 5.32 Å². The number of fused-ring (bicyclic) bond motifs is 2. The van der Waals surface area contributed by atoms with Crippen LogP contribution in [0.25, 0.3) is 0 Å². The van der Waals surface area contributed by atoms with Crippen LogP contribution < -0.4 is 5.32 Å². The molecule has 0 radical (unpaired) electrons. The maximum absolute atomic E-state index is 12.7. The van der Waals surface area contributed by atoms with E-state index >= 15 is 0 Å². The number of aliphatic hydroxyl groups excluding tert-OH is 9. The van der Waals surface area contributed by atoms with Crippen LogP contribution in [0, 0.1) is 17.8 Å². The summed E-state index contributed by atoms with van der Waals surface area (Å²) in [6, 6.07) is 8.44. The molecule has 0 spiro atoms. The summed E-state index contributed by atoms with van der Waals surface area (Å²) >= 11 is 0. The van der Waals surface area contributed by atoms with E-state index in [0.717, 1.165) is 18.4 Å². The second-order valence-corrected chi connectivity index (χ2v) is 19.7. The van der Waals surface area contributed by atoms with Crippen LogP contribution in [0.1, 0.15) is 97.5 Å². The van der Waals surface area contributed by atoms with Gasteiger partial charge in [0, 0.05) is 37.6 Å². The van der Waals surface area contributed by atoms with Crippen molar-refractivity contribution in [2.45, 2.75) is 196 Å². The highest BCUT2D eigenvalue weighted by Crippen LogP contribution is 2.38. The molecule has 72 heavy (non-hydrogen) atoms. The van der Waals surface area contributed by atoms with E-state index in [9.17, 15) is 65.8 Å². The number of hydrogen-bond donors (Lipinski definition) is 12. The summed E-state index contributed by atoms with van der Waals surface area (Å²) in [5.74, 6) is -6.83. The molecule has 3 aliphatic rings. The molecule has 18 nitrogen and oxygen atoms in total. The SMILES string of the molecule is C[C@@H]1[C@H](O)[C@@H](C)/C=C/C=C/CC/C=C/C=C/C=C/C=C/[C@H](O[C@@H]2O[C@H](C)[C@@H](O)[C@H](NCc3ccccc3)[C@@H]2O)C[C@@H]2O[C@](O)(C[C@@H](O)[C@H](O)CC[C@@H](O)C[C@@H](O)C[C@@H](O)CC(=O)O[C@H]1C)C[C@H](O)[C@H]2C(=O)O. The Labute approximate surface area is 423 Å². The average molecular weight is 1020 g/mol. The van der Waals surface area contributed by atoms with Gasteiger partial charge in [0.25, 0.3) is 0 Å². The highest BCUT2D eigenvalue weighted by molar-refractivity contribution is 5.71. The number of ether oxygens (including phenoxy) is 4. The van der Waals surface area contributed by atoms with Crippen LogP contribution in [0.3, 0.4) is 0 Å². The van der Waals surface area contributed by atoms with E-state index in [1.54, 1.807) is 51.2 Å². The Morgan fingerprint density at radius 1 is 0.694 bits per heavy atom. The summed E-state index contributed by atoms with van der Waals surface area (Å²) in [5.41, 5.74) is 0.898. The van der Waals surface area contributed by atoms with Crippen molar-refractivity contribution in [2.75, 3.05) is 0 Å². The topological polar surface area (TPSA) is 306 Å². The first-order valence-corrected chi connectivity index (χ1v) is 25.2. The number of allylic oxidation sites excluding steroid dienone is 10. The number of aliphatic carboxylic acids is 1. The summed E-state index contributed by atoms with van der Waals surface area (Å²) in [7, 11) is 0. The molecule has 404 valence electrons. The number of nitrogens with one attached hydrogen (secondary N) is 1. The standard InChI is InChI=1S/C54H81NO17/c1-33-20-16-13-11-9-7-5-6-8-10-12-14-19-23-41(71-53-51(65)48(50(64)36(4)70-53)55-32-37-21-17-15-18-22-37)29-45-47(52(66)67)44(61)31-54(68,72-45)30-43(60)42(59)25-24-38(56)26-39(57)27-40(58)28-46(62)69-35(3)34(2)49(33)63/h5-6,8,10-23,33-36,38-45,47-51,53,55-61,63-65,68H,7,9,24-32H2,1-4H3,(H,66,67)/b6-5+,10-8+,13-11+,14-12+,20-16+,23-19+/t33-,34-,35-,36+,38+,39+,40+,41-,42+,43+,44-,45-,47+,48-,49+,50+,51-,53-,54+/m0/s1. The van der Waals surface area contributed by atoms with Gasteiger partial charge in [0.1, 0.15) is 18.1 Å². The molecule has 2 saturated heterocycles. The molecule has 2 bridgehead atoms. The Balaban J connectivity index is 1.56. The number of esters is 1. The van der Waals surface area contributed by atoms with Gasteiger partial charge in [-0.1, -0.05) is 117 Å². The Bertz CT molecular complexity index is 1940. The van der Waals surface area contributed by atoms with Gasteiger partial charge in [0.05, 0.1) is 79.6 Å². The van der Waals surface area contributed by atoms with Crippen LogP contribution in [0.5, 0.6) is 0 Å². The fraction of sp³-hybridized carbons (Fsp3) is 0.630. The minimum atomic E-state index is -2.36. The van der Waals surface area contributed by atoms with E-state index < -0.39 is 141 Å². The van der Waals surface area contributed by atoms with Gasteiger partial charge < -0.3 is 80.4 Å². The van der Waals surface area contributed by atoms with Gasteiger partial charge in [-0.15, -0.1) is 0 Å². The predicted molar refractivity (Wildman–Crippen MR) is 266 cm³/mol. The molecule has 0 aromatic heterocycles. The zero-order valence-corrected chi connectivity index (χ0v) is 41.9. The molecular formula is C54H81NO17. The normalized spacial score (nSPS) is 41.9. The van der Waals surface area contributed by atoms with Crippen LogP contribution in [0.15, 0.2) is 103 Å². The van der Waals surface area contributed by atoms with E-state index in [4.69, 9.17) is 18.9 Å². The largest absolute Gasteiger partial charge is 0.481 e. The number of hydrogen-bond acceptors (Lipinski definition) is 17. The first kappa shape index (κ1) is 60.6. The number of cyclic esters (lactones) is 1. The van der Waals surface area contributed by atoms with Crippen molar-refractivity contribution in [3.05, 3.63) is 109 Å². The van der Waals surface area contributed by atoms with Crippen LogP contribution in [0.2, 0.25) is 0 Å². The van der Waals surface area contributed by atoms with Crippen LogP contribution in [-0.4, -0.2) is 166 Å². The maximum Gasteiger partial charge on any atom is 0.311 e. The molecule has 0 saturated carbocycles. The molecule has 19 atom stereocenters. The molecule has 12 N–H and O–H groups in total. The van der Waals surface area contributed by atoms with Crippen molar-refractivity contribution < 1.29 is 84.7 Å². The molecule has 0 aliphatic carbocycles. The van der Waals surface area contributed by atoms with Gasteiger partial charge in [-0.05, 0) is 57.9 Å². The summed E-state index contributed by atoms with van der Waals surface area (Å²) < 4.78 is 23.8. The number of rotatable bonds is 6.